The summed E-state index contributed by atoms with van der Waals surface area (Å²) in [7, 11) is 0. The number of nitriles is 1. The van der Waals surface area contributed by atoms with Gasteiger partial charge in [-0.2, -0.15) is 31.6 Å². The molecule has 0 saturated carbocycles. The molecular formula is C40H36F6N4O5. The molecule has 1 saturated heterocycles. The molecule has 4 unspecified atom stereocenters. The Hall–Kier alpha value is -5.46. The van der Waals surface area contributed by atoms with Gasteiger partial charge in [0.2, 0.25) is 5.91 Å². The molecule has 0 spiro atoms. The van der Waals surface area contributed by atoms with Crippen molar-refractivity contribution in [2.75, 3.05) is 18.4 Å². The second kappa shape index (κ2) is 15.0. The quantitative estimate of drug-likeness (QED) is 0.209. The summed E-state index contributed by atoms with van der Waals surface area (Å²) in [5, 5.41) is 37.2. The number of piperidine rings is 1. The van der Waals surface area contributed by atoms with Crippen LogP contribution in [0.2, 0.25) is 0 Å². The molecule has 2 heterocycles. The molecule has 0 aromatic heterocycles. The summed E-state index contributed by atoms with van der Waals surface area (Å²) in [6, 6.07) is 17.3. The van der Waals surface area contributed by atoms with Crippen LogP contribution in [-0.2, 0) is 27.0 Å². The van der Waals surface area contributed by atoms with Crippen LogP contribution in [0.25, 0.3) is 11.1 Å². The number of halogens is 6. The lowest BCUT2D eigenvalue weighted by Gasteiger charge is -2.41. The van der Waals surface area contributed by atoms with E-state index < -0.39 is 53.1 Å². The topological polar surface area (TPSA) is 135 Å². The van der Waals surface area contributed by atoms with Gasteiger partial charge in [0, 0.05) is 31.1 Å². The number of carbonyl (C=O) groups excluding carboxylic acids is 2. The summed E-state index contributed by atoms with van der Waals surface area (Å²) >= 11 is 0. The van der Waals surface area contributed by atoms with E-state index in [1.54, 1.807) is 41.3 Å². The first-order valence-corrected chi connectivity index (χ1v) is 17.4. The molecule has 55 heavy (non-hydrogen) atoms. The molecule has 15 heteroatoms. The van der Waals surface area contributed by atoms with Gasteiger partial charge in [-0.15, -0.1) is 0 Å². The molecule has 1 fully saturated rings. The lowest BCUT2D eigenvalue weighted by molar-refractivity contribution is -0.355. The third kappa shape index (κ3) is 8.16. The molecule has 4 atom stereocenters. The minimum absolute atomic E-state index is 0.0182. The molecular weight excluding hydrogens is 730 g/mol. The molecule has 2 amide bonds. The lowest BCUT2D eigenvalue weighted by atomic mass is 9.75. The first-order chi connectivity index (χ1) is 25.9. The maximum Gasteiger partial charge on any atom is 0.458 e. The van der Waals surface area contributed by atoms with Gasteiger partial charge in [0.1, 0.15) is 5.60 Å². The number of nitrogens with zero attached hydrogens (tertiary/aromatic N) is 3. The third-order valence-electron chi connectivity index (χ3n) is 10.4. The monoisotopic (exact) mass is 766 g/mol. The average molecular weight is 767 g/mol. The fourth-order valence-electron chi connectivity index (χ4n) is 7.17. The van der Waals surface area contributed by atoms with E-state index in [2.05, 4.69) is 15.3 Å². The largest absolute Gasteiger partial charge is 0.458 e. The molecule has 9 nitrogen and oxygen atoms in total. The molecule has 3 N–H and O–H groups in total. The number of hydrogen-bond donors (Lipinski definition) is 3. The Kier molecular flexibility index (Phi) is 10.7. The van der Waals surface area contributed by atoms with Gasteiger partial charge >= 0.3 is 18.1 Å². The zero-order chi connectivity index (χ0) is 39.8. The van der Waals surface area contributed by atoms with Gasteiger partial charge in [0.15, 0.2) is 0 Å². The van der Waals surface area contributed by atoms with Gasteiger partial charge in [-0.05, 0) is 59.2 Å². The van der Waals surface area contributed by atoms with E-state index in [1.807, 2.05) is 31.2 Å². The Morgan fingerprint density at radius 2 is 1.64 bits per heavy atom. The summed E-state index contributed by atoms with van der Waals surface area (Å²) in [5.41, 5.74) is -2.39. The van der Waals surface area contributed by atoms with Crippen molar-refractivity contribution >= 4 is 23.2 Å². The summed E-state index contributed by atoms with van der Waals surface area (Å²) in [5.74, 6) is -5.56. The van der Waals surface area contributed by atoms with E-state index in [9.17, 15) is 51.4 Å². The summed E-state index contributed by atoms with van der Waals surface area (Å²) in [6.07, 6.45) is -3.20. The van der Waals surface area contributed by atoms with Gasteiger partial charge in [0.25, 0.3) is 5.91 Å². The second-order valence-corrected chi connectivity index (χ2v) is 14.0. The zero-order valence-electron chi connectivity index (χ0n) is 29.4. The number of benzene rings is 3. The fourth-order valence-corrected chi connectivity index (χ4v) is 7.17. The molecule has 6 rings (SSSR count). The number of carbonyl (C=O) groups is 2. The highest BCUT2D eigenvalue weighted by Crippen LogP contribution is 2.40. The number of nitrogens with one attached hydrogen (secondary N) is 1. The predicted molar refractivity (Wildman–Crippen MR) is 189 cm³/mol. The van der Waals surface area contributed by atoms with Crippen LogP contribution in [0.4, 0.5) is 32.0 Å². The number of aliphatic hydroxyl groups is 2. The van der Waals surface area contributed by atoms with Crippen molar-refractivity contribution in [2.45, 2.75) is 56.3 Å². The lowest BCUT2D eigenvalue weighted by Crippen LogP contribution is -2.55. The Labute approximate surface area is 312 Å². The maximum absolute atomic E-state index is 14.1. The van der Waals surface area contributed by atoms with Crippen LogP contribution >= 0.6 is 0 Å². The van der Waals surface area contributed by atoms with Crippen LogP contribution in [0.5, 0.6) is 0 Å². The predicted octanol–water partition coefficient (Wildman–Crippen LogP) is 7.15. The Bertz CT molecular complexity index is 2080. The first kappa shape index (κ1) is 39.2. The van der Waals surface area contributed by atoms with Crippen LogP contribution in [0.3, 0.4) is 0 Å². The van der Waals surface area contributed by atoms with E-state index in [1.165, 1.54) is 18.2 Å². The van der Waals surface area contributed by atoms with Gasteiger partial charge in [-0.25, -0.2) is 0 Å². The van der Waals surface area contributed by atoms with Crippen molar-refractivity contribution in [3.8, 4) is 17.2 Å². The van der Waals surface area contributed by atoms with E-state index in [0.29, 0.717) is 22.8 Å². The standard InChI is InChI=1S/C40H36F6N4O5/c1-24-5-2-3-8-32(24)35(51)50-17-15-30(16-18-50)37(53,36(52)48-31-14-13-29(23-47)33(20-31)39(41,42)43)21-25-6-4-7-28(19-25)26-9-11-27(12-10-26)34-22-38(54,55-49-34)40(44,45)46/h2-14,19-20,24,30,32,53-54H,15-18,21-22H2,1H3,(H,48,52). The number of alkyl halides is 6. The maximum atomic E-state index is 14.1. The van der Waals surface area contributed by atoms with Crippen LogP contribution in [-0.4, -0.2) is 63.3 Å². The average Bonchev–Trinajstić information content (AvgIpc) is 3.58. The number of hydrogen-bond acceptors (Lipinski definition) is 7. The zero-order valence-corrected chi connectivity index (χ0v) is 29.4. The number of allylic oxidation sites excluding steroid dienone is 3. The van der Waals surface area contributed by atoms with E-state index in [4.69, 9.17) is 0 Å². The van der Waals surface area contributed by atoms with Gasteiger partial charge in [0.05, 0.1) is 35.2 Å². The molecule has 2 aliphatic heterocycles. The highest BCUT2D eigenvalue weighted by Gasteiger charge is 2.60. The molecule has 3 aromatic rings. The second-order valence-electron chi connectivity index (χ2n) is 14.0. The van der Waals surface area contributed by atoms with Crippen molar-refractivity contribution < 1.29 is 51.0 Å². The first-order valence-electron chi connectivity index (χ1n) is 17.4. The van der Waals surface area contributed by atoms with Gasteiger partial charge in [-0.1, -0.05) is 84.9 Å². The summed E-state index contributed by atoms with van der Waals surface area (Å²) in [4.78, 5) is 33.5. The third-order valence-corrected chi connectivity index (χ3v) is 10.4. The molecule has 1 aliphatic carbocycles. The fraction of sp³-hybridized carbons (Fsp3) is 0.350. The Morgan fingerprint density at radius 1 is 0.964 bits per heavy atom. The van der Waals surface area contributed by atoms with Crippen molar-refractivity contribution in [1.29, 1.82) is 5.26 Å². The minimum Gasteiger partial charge on any atom is -0.379 e. The number of likely N-dealkylation sites (tertiary alicyclic amines) is 1. The highest BCUT2D eigenvalue weighted by atomic mass is 19.4. The van der Waals surface area contributed by atoms with Gasteiger partial charge in [-0.3, -0.25) is 9.59 Å². The van der Waals surface area contributed by atoms with Gasteiger partial charge < -0.3 is 25.3 Å². The number of rotatable bonds is 8. The van der Waals surface area contributed by atoms with Crippen molar-refractivity contribution in [3.63, 3.8) is 0 Å². The molecule has 0 radical (unpaired) electrons. The molecule has 3 aliphatic rings. The van der Waals surface area contributed by atoms with Crippen LogP contribution in [0.15, 0.2) is 96.2 Å². The number of amides is 2. The van der Waals surface area contributed by atoms with Crippen LogP contribution in [0, 0.1) is 29.1 Å². The number of anilines is 1. The van der Waals surface area contributed by atoms with E-state index in [-0.39, 0.29) is 67.1 Å². The highest BCUT2D eigenvalue weighted by molar-refractivity contribution is 6.02. The Morgan fingerprint density at radius 3 is 2.25 bits per heavy atom. The van der Waals surface area contributed by atoms with Crippen molar-refractivity contribution in [1.82, 2.24) is 4.90 Å². The normalized spacial score (nSPS) is 22.7. The SMILES string of the molecule is CC1C=CC=CC1C(=O)N1CCC(C(O)(Cc2cccc(-c3ccc(C4=NOC(O)(C(F)(F)F)C4)cc3)c2)C(=O)Nc2ccc(C#N)c(C(F)(F)F)c2)CC1. The minimum atomic E-state index is -5.05. The van der Waals surface area contributed by atoms with Crippen molar-refractivity contribution in [2.24, 2.45) is 22.9 Å². The smallest absolute Gasteiger partial charge is 0.379 e. The van der Waals surface area contributed by atoms with Crippen LogP contribution < -0.4 is 5.32 Å². The van der Waals surface area contributed by atoms with Crippen LogP contribution in [0.1, 0.15) is 48.4 Å². The Balaban J connectivity index is 1.25. The molecule has 3 aromatic carbocycles. The summed E-state index contributed by atoms with van der Waals surface area (Å²) in [6.45, 7) is 2.40. The molecule has 0 bridgehead atoms. The summed E-state index contributed by atoms with van der Waals surface area (Å²) < 4.78 is 80.9. The number of oxime groups is 1. The van der Waals surface area contributed by atoms with E-state index >= 15 is 0 Å². The van der Waals surface area contributed by atoms with E-state index in [0.717, 1.165) is 12.1 Å². The molecule has 288 valence electrons. The van der Waals surface area contributed by atoms with Crippen molar-refractivity contribution in [3.05, 3.63) is 113 Å².